The molecule has 0 bridgehead atoms. The number of aromatic nitrogens is 1. The van der Waals surface area contributed by atoms with E-state index in [0.29, 0.717) is 50.6 Å². The van der Waals surface area contributed by atoms with Gasteiger partial charge in [-0.1, -0.05) is 12.1 Å². The standard InChI is InChI=1S/C21H26FN5O3/c1-3-30-21(29)27-11-9-26(10-12-27)14-16-5-4-6-18(19(16)22)25-20(28)24-17-8-7-15(2)23-13-17/h4-8,13H,3,9-12,14H2,1-2H3,(H2,24,25,28). The molecule has 2 aromatic rings. The zero-order valence-electron chi connectivity index (χ0n) is 17.2. The summed E-state index contributed by atoms with van der Waals surface area (Å²) < 4.78 is 19.9. The number of carbonyl (C=O) groups excluding carboxylic acids is 2. The van der Waals surface area contributed by atoms with Crippen LogP contribution in [-0.2, 0) is 11.3 Å². The molecule has 0 saturated carbocycles. The van der Waals surface area contributed by atoms with Gasteiger partial charge >= 0.3 is 12.1 Å². The molecule has 8 nitrogen and oxygen atoms in total. The minimum atomic E-state index is -0.542. The third-order valence-corrected chi connectivity index (χ3v) is 4.79. The Labute approximate surface area is 175 Å². The predicted octanol–water partition coefficient (Wildman–Crippen LogP) is 3.45. The first-order chi connectivity index (χ1) is 14.5. The summed E-state index contributed by atoms with van der Waals surface area (Å²) >= 11 is 0. The Morgan fingerprint density at radius 1 is 1.13 bits per heavy atom. The van der Waals surface area contributed by atoms with Gasteiger partial charge in [-0.2, -0.15) is 0 Å². The van der Waals surface area contributed by atoms with Crippen molar-refractivity contribution in [2.45, 2.75) is 20.4 Å². The second kappa shape index (κ2) is 10.0. The average molecular weight is 415 g/mol. The second-order valence-corrected chi connectivity index (χ2v) is 7.01. The number of aryl methyl sites for hydroxylation is 1. The lowest BCUT2D eigenvalue weighted by molar-refractivity contribution is 0.0775. The summed E-state index contributed by atoms with van der Waals surface area (Å²) in [6, 6.07) is 7.88. The Kier molecular flexibility index (Phi) is 7.18. The molecule has 3 rings (SSSR count). The molecular weight excluding hydrogens is 389 g/mol. The average Bonchev–Trinajstić information content (AvgIpc) is 2.73. The molecule has 1 saturated heterocycles. The highest BCUT2D eigenvalue weighted by molar-refractivity contribution is 5.99. The normalized spacial score (nSPS) is 14.3. The molecule has 2 heterocycles. The summed E-state index contributed by atoms with van der Waals surface area (Å²) in [7, 11) is 0. The zero-order chi connectivity index (χ0) is 21.5. The number of benzene rings is 1. The maximum atomic E-state index is 14.9. The van der Waals surface area contributed by atoms with Gasteiger partial charge in [0, 0.05) is 44.0 Å². The summed E-state index contributed by atoms with van der Waals surface area (Å²) in [4.78, 5) is 31.8. The van der Waals surface area contributed by atoms with Gasteiger partial charge in [-0.15, -0.1) is 0 Å². The molecular formula is C21H26FN5O3. The molecule has 1 aromatic carbocycles. The highest BCUT2D eigenvalue weighted by Gasteiger charge is 2.23. The number of nitrogens with zero attached hydrogens (tertiary/aromatic N) is 3. The van der Waals surface area contributed by atoms with Crippen molar-refractivity contribution in [2.24, 2.45) is 0 Å². The Hall–Kier alpha value is -3.20. The molecule has 30 heavy (non-hydrogen) atoms. The lowest BCUT2D eigenvalue weighted by Gasteiger charge is -2.34. The van der Waals surface area contributed by atoms with E-state index in [-0.39, 0.29) is 11.8 Å². The monoisotopic (exact) mass is 415 g/mol. The molecule has 9 heteroatoms. The van der Waals surface area contributed by atoms with Crippen molar-refractivity contribution >= 4 is 23.5 Å². The molecule has 3 amide bonds. The van der Waals surface area contributed by atoms with Crippen molar-refractivity contribution in [2.75, 3.05) is 43.4 Å². The number of piperazine rings is 1. The van der Waals surface area contributed by atoms with Crippen LogP contribution in [0.5, 0.6) is 0 Å². The third-order valence-electron chi connectivity index (χ3n) is 4.79. The van der Waals surface area contributed by atoms with Crippen LogP contribution in [0.25, 0.3) is 0 Å². The van der Waals surface area contributed by atoms with E-state index in [1.807, 2.05) is 6.92 Å². The van der Waals surface area contributed by atoms with Crippen molar-refractivity contribution in [3.8, 4) is 0 Å². The molecule has 2 N–H and O–H groups in total. The molecule has 1 aromatic heterocycles. The van der Waals surface area contributed by atoms with Crippen LogP contribution < -0.4 is 10.6 Å². The van der Waals surface area contributed by atoms with Crippen molar-refractivity contribution in [1.29, 1.82) is 0 Å². The SMILES string of the molecule is CCOC(=O)N1CCN(Cc2cccc(NC(=O)Nc3ccc(C)nc3)c2F)CC1. The van der Waals surface area contributed by atoms with Gasteiger partial charge in [0.15, 0.2) is 5.82 Å². The third kappa shape index (κ3) is 5.66. The molecule has 0 aliphatic carbocycles. The maximum Gasteiger partial charge on any atom is 0.409 e. The van der Waals surface area contributed by atoms with Gasteiger partial charge in [-0.25, -0.2) is 14.0 Å². The number of pyridine rings is 1. The minimum absolute atomic E-state index is 0.107. The number of carbonyl (C=O) groups is 2. The largest absolute Gasteiger partial charge is 0.450 e. The smallest absolute Gasteiger partial charge is 0.409 e. The van der Waals surface area contributed by atoms with Crippen LogP contribution in [0.2, 0.25) is 0 Å². The number of urea groups is 1. The first kappa shape index (κ1) is 21.5. The van der Waals surface area contributed by atoms with E-state index in [0.717, 1.165) is 5.69 Å². The Morgan fingerprint density at radius 2 is 1.90 bits per heavy atom. The number of halogens is 1. The number of ether oxygens (including phenoxy) is 1. The molecule has 160 valence electrons. The van der Waals surface area contributed by atoms with E-state index < -0.39 is 11.8 Å². The molecule has 0 radical (unpaired) electrons. The highest BCUT2D eigenvalue weighted by Crippen LogP contribution is 2.21. The summed E-state index contributed by atoms with van der Waals surface area (Å²) in [6.07, 6.45) is 1.22. The summed E-state index contributed by atoms with van der Waals surface area (Å²) in [5.41, 5.74) is 1.95. The molecule has 1 aliphatic rings. The van der Waals surface area contributed by atoms with Crippen molar-refractivity contribution < 1.29 is 18.7 Å². The van der Waals surface area contributed by atoms with Crippen LogP contribution in [-0.4, -0.2) is 59.7 Å². The summed E-state index contributed by atoms with van der Waals surface area (Å²) in [6.45, 7) is 6.67. The van der Waals surface area contributed by atoms with Gasteiger partial charge < -0.3 is 20.3 Å². The number of anilines is 2. The Balaban J connectivity index is 1.56. The van der Waals surface area contributed by atoms with E-state index in [1.54, 1.807) is 36.1 Å². The first-order valence-electron chi connectivity index (χ1n) is 9.88. The quantitative estimate of drug-likeness (QED) is 0.781. The van der Waals surface area contributed by atoms with E-state index in [9.17, 15) is 14.0 Å². The van der Waals surface area contributed by atoms with Gasteiger partial charge in [0.25, 0.3) is 0 Å². The van der Waals surface area contributed by atoms with Crippen molar-refractivity contribution in [3.63, 3.8) is 0 Å². The van der Waals surface area contributed by atoms with Crippen LogP contribution in [0.3, 0.4) is 0 Å². The molecule has 0 spiro atoms. The fraction of sp³-hybridized carbons (Fsp3) is 0.381. The second-order valence-electron chi connectivity index (χ2n) is 7.01. The summed E-state index contributed by atoms with van der Waals surface area (Å²) in [5, 5.41) is 5.18. The van der Waals surface area contributed by atoms with E-state index in [2.05, 4.69) is 20.5 Å². The van der Waals surface area contributed by atoms with Gasteiger partial charge in [0.1, 0.15) is 0 Å². The van der Waals surface area contributed by atoms with Gasteiger partial charge in [-0.05, 0) is 32.0 Å². The molecule has 0 unspecified atom stereocenters. The molecule has 0 atom stereocenters. The van der Waals surface area contributed by atoms with Crippen LogP contribution in [0, 0.1) is 12.7 Å². The van der Waals surface area contributed by atoms with E-state index in [1.165, 1.54) is 12.3 Å². The number of hydrogen-bond donors (Lipinski definition) is 2. The topological polar surface area (TPSA) is 86.8 Å². The van der Waals surface area contributed by atoms with Crippen LogP contribution >= 0.6 is 0 Å². The zero-order valence-corrected chi connectivity index (χ0v) is 17.2. The maximum absolute atomic E-state index is 14.9. The Bertz CT molecular complexity index is 883. The van der Waals surface area contributed by atoms with Crippen LogP contribution in [0.15, 0.2) is 36.5 Å². The summed E-state index contributed by atoms with van der Waals surface area (Å²) in [5.74, 6) is -0.470. The fourth-order valence-corrected chi connectivity index (χ4v) is 3.17. The van der Waals surface area contributed by atoms with Gasteiger partial charge in [-0.3, -0.25) is 9.88 Å². The van der Waals surface area contributed by atoms with E-state index >= 15 is 0 Å². The van der Waals surface area contributed by atoms with Crippen LogP contribution in [0.4, 0.5) is 25.4 Å². The number of nitrogens with one attached hydrogen (secondary N) is 2. The minimum Gasteiger partial charge on any atom is -0.450 e. The van der Waals surface area contributed by atoms with Gasteiger partial charge in [0.05, 0.1) is 24.2 Å². The van der Waals surface area contributed by atoms with Crippen molar-refractivity contribution in [3.05, 3.63) is 53.6 Å². The number of rotatable bonds is 5. The van der Waals surface area contributed by atoms with Crippen molar-refractivity contribution in [1.82, 2.24) is 14.8 Å². The fourth-order valence-electron chi connectivity index (χ4n) is 3.17. The number of amides is 3. The lowest BCUT2D eigenvalue weighted by Crippen LogP contribution is -2.48. The molecule has 1 aliphatic heterocycles. The lowest BCUT2D eigenvalue weighted by atomic mass is 10.1. The first-order valence-corrected chi connectivity index (χ1v) is 9.88. The molecule has 1 fully saturated rings. The number of hydrogen-bond acceptors (Lipinski definition) is 5. The van der Waals surface area contributed by atoms with Crippen LogP contribution in [0.1, 0.15) is 18.2 Å². The highest BCUT2D eigenvalue weighted by atomic mass is 19.1. The van der Waals surface area contributed by atoms with E-state index in [4.69, 9.17) is 4.74 Å². The predicted molar refractivity (Wildman–Crippen MR) is 112 cm³/mol. The van der Waals surface area contributed by atoms with Gasteiger partial charge in [0.2, 0.25) is 0 Å². The Morgan fingerprint density at radius 3 is 2.57 bits per heavy atom.